The second-order valence-corrected chi connectivity index (χ2v) is 4.86. The highest BCUT2D eigenvalue weighted by molar-refractivity contribution is 6.32. The van der Waals surface area contributed by atoms with Gasteiger partial charge in [0.05, 0.1) is 25.3 Å². The molecular weight excluding hydrogens is 276 g/mol. The first kappa shape index (κ1) is 14.6. The fourth-order valence-electron chi connectivity index (χ4n) is 1.97. The van der Waals surface area contributed by atoms with Gasteiger partial charge in [-0.3, -0.25) is 4.98 Å². The molecule has 0 bridgehead atoms. The van der Waals surface area contributed by atoms with E-state index in [1.54, 1.807) is 26.5 Å². The minimum Gasteiger partial charge on any atom is -0.493 e. The number of pyridine rings is 1. The van der Waals surface area contributed by atoms with Crippen molar-refractivity contribution in [3.63, 3.8) is 0 Å². The fourth-order valence-corrected chi connectivity index (χ4v) is 2.27. The van der Waals surface area contributed by atoms with Gasteiger partial charge in [0.2, 0.25) is 0 Å². The molecule has 106 valence electrons. The molecule has 0 fully saturated rings. The van der Waals surface area contributed by atoms with Gasteiger partial charge in [0.25, 0.3) is 0 Å². The summed E-state index contributed by atoms with van der Waals surface area (Å²) in [7, 11) is 3.12. The number of ether oxygens (including phenoxy) is 2. The van der Waals surface area contributed by atoms with E-state index in [-0.39, 0.29) is 6.04 Å². The molecule has 0 aliphatic rings. The third-order valence-corrected chi connectivity index (χ3v) is 3.39. The lowest BCUT2D eigenvalue weighted by Crippen LogP contribution is -2.12. The van der Waals surface area contributed by atoms with Crippen molar-refractivity contribution in [2.24, 2.45) is 5.73 Å². The molecule has 2 N–H and O–H groups in total. The normalized spacial score (nSPS) is 12.1. The second-order valence-electron chi connectivity index (χ2n) is 4.45. The van der Waals surface area contributed by atoms with Gasteiger partial charge >= 0.3 is 0 Å². The van der Waals surface area contributed by atoms with Crippen LogP contribution in [-0.2, 0) is 0 Å². The first-order valence-electron chi connectivity index (χ1n) is 6.16. The van der Waals surface area contributed by atoms with Crippen LogP contribution in [0.1, 0.15) is 22.9 Å². The lowest BCUT2D eigenvalue weighted by atomic mass is 10.0. The number of nitrogens with two attached hydrogens (primary N) is 1. The highest BCUT2D eigenvalue weighted by atomic mass is 35.5. The smallest absolute Gasteiger partial charge is 0.179 e. The molecular formula is C15H17ClN2O2. The average Bonchev–Trinajstić information content (AvgIpc) is 2.46. The third-order valence-electron chi connectivity index (χ3n) is 3.11. The summed E-state index contributed by atoms with van der Waals surface area (Å²) in [5.41, 5.74) is 8.97. The molecule has 20 heavy (non-hydrogen) atoms. The van der Waals surface area contributed by atoms with Gasteiger partial charge in [-0.25, -0.2) is 0 Å². The zero-order valence-corrected chi connectivity index (χ0v) is 12.4. The highest BCUT2D eigenvalue weighted by Gasteiger charge is 2.16. The molecule has 1 heterocycles. The van der Waals surface area contributed by atoms with Gasteiger partial charge in [0, 0.05) is 11.9 Å². The van der Waals surface area contributed by atoms with E-state index < -0.39 is 0 Å². The van der Waals surface area contributed by atoms with Crippen LogP contribution in [0.4, 0.5) is 0 Å². The Kier molecular flexibility index (Phi) is 4.47. The Labute approximate surface area is 123 Å². The van der Waals surface area contributed by atoms with Crippen molar-refractivity contribution in [2.75, 3.05) is 14.2 Å². The molecule has 0 aliphatic carbocycles. The number of aromatic nitrogens is 1. The monoisotopic (exact) mass is 292 g/mol. The Hall–Kier alpha value is -1.78. The van der Waals surface area contributed by atoms with Crippen molar-refractivity contribution < 1.29 is 9.47 Å². The van der Waals surface area contributed by atoms with Gasteiger partial charge in [-0.1, -0.05) is 17.7 Å². The topological polar surface area (TPSA) is 57.4 Å². The lowest BCUT2D eigenvalue weighted by Gasteiger charge is -2.16. The molecule has 2 aromatic rings. The first-order valence-corrected chi connectivity index (χ1v) is 6.54. The molecule has 1 unspecified atom stereocenters. The van der Waals surface area contributed by atoms with E-state index >= 15 is 0 Å². The Morgan fingerprint density at radius 1 is 1.15 bits per heavy atom. The maximum Gasteiger partial charge on any atom is 0.179 e. The van der Waals surface area contributed by atoms with E-state index in [0.717, 1.165) is 16.8 Å². The van der Waals surface area contributed by atoms with Crippen molar-refractivity contribution in [1.82, 2.24) is 4.98 Å². The first-order chi connectivity index (χ1) is 9.56. The minimum atomic E-state index is -0.319. The van der Waals surface area contributed by atoms with Crippen molar-refractivity contribution >= 4 is 11.6 Å². The molecule has 0 aliphatic heterocycles. The summed E-state index contributed by atoms with van der Waals surface area (Å²) >= 11 is 6.19. The zero-order valence-electron chi connectivity index (χ0n) is 11.7. The van der Waals surface area contributed by atoms with E-state index in [1.165, 1.54) is 0 Å². The summed E-state index contributed by atoms with van der Waals surface area (Å²) in [6.07, 6.45) is 1.77. The van der Waals surface area contributed by atoms with Crippen molar-refractivity contribution in [2.45, 2.75) is 13.0 Å². The van der Waals surface area contributed by atoms with Crippen LogP contribution in [-0.4, -0.2) is 19.2 Å². The van der Waals surface area contributed by atoms with Gasteiger partial charge in [0.1, 0.15) is 0 Å². The predicted octanol–water partition coefficient (Wildman–Crippen LogP) is 3.11. The standard InChI is InChI=1S/C15H17ClN2O2/c1-9-4-5-10(8-18-9)14(17)11-6-12(16)15(20-3)13(7-11)19-2/h4-8,14H,17H2,1-3H3. The summed E-state index contributed by atoms with van der Waals surface area (Å²) in [5, 5.41) is 0.470. The molecule has 0 radical (unpaired) electrons. The lowest BCUT2D eigenvalue weighted by molar-refractivity contribution is 0.354. The van der Waals surface area contributed by atoms with Crippen LogP contribution in [0.5, 0.6) is 11.5 Å². The number of benzene rings is 1. The van der Waals surface area contributed by atoms with Crippen LogP contribution < -0.4 is 15.2 Å². The summed E-state index contributed by atoms with van der Waals surface area (Å²) in [5.74, 6) is 1.07. The summed E-state index contributed by atoms with van der Waals surface area (Å²) in [6.45, 7) is 1.93. The van der Waals surface area contributed by atoms with Crippen molar-refractivity contribution in [3.8, 4) is 11.5 Å². The number of nitrogens with zero attached hydrogens (tertiary/aromatic N) is 1. The van der Waals surface area contributed by atoms with Gasteiger partial charge in [-0.05, 0) is 36.2 Å². The molecule has 0 amide bonds. The fraction of sp³-hybridized carbons (Fsp3) is 0.267. The molecule has 1 atom stereocenters. The number of methoxy groups -OCH3 is 2. The van der Waals surface area contributed by atoms with Gasteiger partial charge in [-0.2, -0.15) is 0 Å². The van der Waals surface area contributed by atoms with E-state index in [4.69, 9.17) is 26.8 Å². The minimum absolute atomic E-state index is 0.319. The quantitative estimate of drug-likeness (QED) is 0.941. The second kappa shape index (κ2) is 6.11. The highest BCUT2D eigenvalue weighted by Crippen LogP contribution is 2.38. The molecule has 0 saturated heterocycles. The van der Waals surface area contributed by atoms with Gasteiger partial charge in [-0.15, -0.1) is 0 Å². The van der Waals surface area contributed by atoms with E-state index in [1.807, 2.05) is 25.1 Å². The van der Waals surface area contributed by atoms with Crippen LogP contribution in [0, 0.1) is 6.92 Å². The predicted molar refractivity (Wildman–Crippen MR) is 79.6 cm³/mol. The van der Waals surface area contributed by atoms with Gasteiger partial charge in [0.15, 0.2) is 11.5 Å². The van der Waals surface area contributed by atoms with E-state index in [2.05, 4.69) is 4.98 Å². The molecule has 1 aromatic heterocycles. The molecule has 5 heteroatoms. The molecule has 4 nitrogen and oxygen atoms in total. The third kappa shape index (κ3) is 2.86. The van der Waals surface area contributed by atoms with E-state index in [9.17, 15) is 0 Å². The molecule has 1 aromatic carbocycles. The molecule has 2 rings (SSSR count). The zero-order chi connectivity index (χ0) is 14.7. The summed E-state index contributed by atoms with van der Waals surface area (Å²) in [6, 6.07) is 7.18. The Morgan fingerprint density at radius 3 is 2.45 bits per heavy atom. The molecule has 0 saturated carbocycles. The number of rotatable bonds is 4. The largest absolute Gasteiger partial charge is 0.493 e. The van der Waals surface area contributed by atoms with Crippen molar-refractivity contribution in [3.05, 3.63) is 52.3 Å². The van der Waals surface area contributed by atoms with Crippen molar-refractivity contribution in [1.29, 1.82) is 0 Å². The van der Waals surface area contributed by atoms with Crippen LogP contribution in [0.3, 0.4) is 0 Å². The van der Waals surface area contributed by atoms with Crippen LogP contribution in [0.25, 0.3) is 0 Å². The van der Waals surface area contributed by atoms with E-state index in [0.29, 0.717) is 16.5 Å². The Morgan fingerprint density at radius 2 is 1.90 bits per heavy atom. The van der Waals surface area contributed by atoms with Crippen LogP contribution in [0.15, 0.2) is 30.5 Å². The SMILES string of the molecule is COc1cc(C(N)c2ccc(C)nc2)cc(Cl)c1OC. The maximum absolute atomic E-state index is 6.26. The number of hydrogen-bond donors (Lipinski definition) is 1. The summed E-state index contributed by atoms with van der Waals surface area (Å²) in [4.78, 5) is 4.26. The van der Waals surface area contributed by atoms with Gasteiger partial charge < -0.3 is 15.2 Å². The number of aryl methyl sites for hydroxylation is 1. The summed E-state index contributed by atoms with van der Waals surface area (Å²) < 4.78 is 10.5. The maximum atomic E-state index is 6.26. The number of halogens is 1. The average molecular weight is 293 g/mol. The Balaban J connectivity index is 2.42. The van der Waals surface area contributed by atoms with Crippen LogP contribution in [0.2, 0.25) is 5.02 Å². The van der Waals surface area contributed by atoms with Crippen LogP contribution >= 0.6 is 11.6 Å². The number of hydrogen-bond acceptors (Lipinski definition) is 4. The molecule has 0 spiro atoms. The Bertz CT molecular complexity index is 600.